The van der Waals surface area contributed by atoms with Crippen molar-refractivity contribution in [2.75, 3.05) is 7.11 Å². The fraction of sp³-hybridized carbons (Fsp3) is 0.185. The third kappa shape index (κ3) is 4.51. The molecular formula is C27H20F3NO5. The normalized spacial score (nSPS) is 12.2. The molecule has 0 bridgehead atoms. The molecule has 0 amide bonds. The molecule has 6 nitrogen and oxygen atoms in total. The molecule has 1 heterocycles. The molecule has 4 aromatic rings. The number of aromatic nitrogens is 1. The molecular weight excluding hydrogens is 475 g/mol. The Morgan fingerprint density at radius 1 is 1.06 bits per heavy atom. The molecule has 9 heteroatoms. The van der Waals surface area contributed by atoms with E-state index in [0.29, 0.717) is 29.2 Å². The summed E-state index contributed by atoms with van der Waals surface area (Å²) in [6, 6.07) is 17.2. The maximum absolute atomic E-state index is 13.5. The van der Waals surface area contributed by atoms with Crippen LogP contribution in [-0.4, -0.2) is 17.6 Å². The van der Waals surface area contributed by atoms with E-state index in [1.807, 2.05) is 24.3 Å². The number of oxazole rings is 1. The molecule has 184 valence electrons. The van der Waals surface area contributed by atoms with Gasteiger partial charge >= 0.3 is 17.9 Å². The van der Waals surface area contributed by atoms with Crippen LogP contribution in [0.2, 0.25) is 0 Å². The Hall–Kier alpha value is -4.27. The molecule has 3 aromatic carbocycles. The number of fused-ring (bicyclic) bond motifs is 3. The van der Waals surface area contributed by atoms with Crippen molar-refractivity contribution in [3.05, 3.63) is 105 Å². The van der Waals surface area contributed by atoms with Gasteiger partial charge in [0.2, 0.25) is 0 Å². The summed E-state index contributed by atoms with van der Waals surface area (Å²) in [6.07, 6.45) is -4.13. The average Bonchev–Trinajstić information content (AvgIpc) is 3.34. The van der Waals surface area contributed by atoms with Gasteiger partial charge in [-0.1, -0.05) is 36.4 Å². The number of methoxy groups -OCH3 is 1. The molecule has 0 unspecified atom stereocenters. The number of hydrogen-bond acceptors (Lipinski definition) is 5. The lowest BCUT2D eigenvalue weighted by Gasteiger charge is -2.16. The predicted octanol–water partition coefficient (Wildman–Crippen LogP) is 5.59. The summed E-state index contributed by atoms with van der Waals surface area (Å²) < 4.78 is 58.0. The maximum atomic E-state index is 13.5. The van der Waals surface area contributed by atoms with Gasteiger partial charge in [0.05, 0.1) is 31.3 Å². The second kappa shape index (κ2) is 9.07. The molecule has 0 aliphatic heterocycles. The molecule has 1 aromatic heterocycles. The summed E-state index contributed by atoms with van der Waals surface area (Å²) in [7, 11) is 1.28. The first-order chi connectivity index (χ1) is 17.2. The Balaban J connectivity index is 1.54. The second-order valence-electron chi connectivity index (χ2n) is 8.38. The van der Waals surface area contributed by atoms with Gasteiger partial charge in [-0.3, -0.25) is 9.36 Å². The van der Waals surface area contributed by atoms with Crippen LogP contribution in [0.3, 0.4) is 0 Å². The van der Waals surface area contributed by atoms with Crippen molar-refractivity contribution in [1.29, 1.82) is 0 Å². The summed E-state index contributed by atoms with van der Waals surface area (Å²) in [4.78, 5) is 24.3. The number of alkyl halides is 3. The highest BCUT2D eigenvalue weighted by atomic mass is 19.4. The maximum Gasteiger partial charge on any atom is 0.419 e. The minimum absolute atomic E-state index is 0.0174. The third-order valence-electron chi connectivity index (χ3n) is 6.01. The predicted molar refractivity (Wildman–Crippen MR) is 124 cm³/mol. The summed E-state index contributed by atoms with van der Waals surface area (Å²) in [6.45, 7) is -0.187. The number of ether oxygens (including phenoxy) is 2. The largest absolute Gasteiger partial charge is 0.469 e. The lowest BCUT2D eigenvalue weighted by Crippen LogP contribution is -2.17. The zero-order valence-corrected chi connectivity index (χ0v) is 19.1. The first kappa shape index (κ1) is 23.5. The number of nitrogens with zero attached hydrogens (tertiary/aromatic N) is 1. The molecule has 0 saturated heterocycles. The monoisotopic (exact) mass is 495 g/mol. The molecule has 1 aliphatic carbocycles. The van der Waals surface area contributed by atoms with Gasteiger partial charge in [-0.2, -0.15) is 13.2 Å². The van der Waals surface area contributed by atoms with Crippen molar-refractivity contribution in [3.8, 4) is 22.8 Å². The van der Waals surface area contributed by atoms with Crippen LogP contribution in [0, 0.1) is 0 Å². The summed E-state index contributed by atoms with van der Waals surface area (Å²) in [5.41, 5.74) is 2.25. The van der Waals surface area contributed by atoms with Crippen molar-refractivity contribution < 1.29 is 31.9 Å². The van der Waals surface area contributed by atoms with E-state index in [9.17, 15) is 22.8 Å². The topological polar surface area (TPSA) is 70.7 Å². The van der Waals surface area contributed by atoms with E-state index in [4.69, 9.17) is 9.15 Å². The molecule has 0 atom stereocenters. The van der Waals surface area contributed by atoms with Gasteiger partial charge in [-0.25, -0.2) is 4.79 Å². The van der Waals surface area contributed by atoms with Gasteiger partial charge in [0, 0.05) is 17.5 Å². The molecule has 0 fully saturated rings. The lowest BCUT2D eigenvalue weighted by atomic mass is 10.1. The van der Waals surface area contributed by atoms with Crippen LogP contribution in [0.1, 0.15) is 28.0 Å². The van der Waals surface area contributed by atoms with Crippen molar-refractivity contribution in [2.45, 2.75) is 25.6 Å². The Morgan fingerprint density at radius 2 is 1.86 bits per heavy atom. The number of carbonyl (C=O) groups excluding carboxylic acids is 1. The van der Waals surface area contributed by atoms with E-state index >= 15 is 0 Å². The Labute approximate surface area is 203 Å². The molecule has 0 radical (unpaired) electrons. The molecule has 5 rings (SSSR count). The van der Waals surface area contributed by atoms with Gasteiger partial charge in [-0.15, -0.1) is 0 Å². The number of hydrogen-bond donors (Lipinski definition) is 0. The van der Waals surface area contributed by atoms with Crippen molar-refractivity contribution in [3.63, 3.8) is 0 Å². The van der Waals surface area contributed by atoms with Gasteiger partial charge in [0.1, 0.15) is 17.3 Å². The zero-order chi connectivity index (χ0) is 25.4. The second-order valence-corrected chi connectivity index (χ2v) is 8.38. The average molecular weight is 495 g/mol. The number of rotatable bonds is 6. The highest BCUT2D eigenvalue weighted by molar-refractivity contribution is 5.73. The van der Waals surface area contributed by atoms with E-state index in [1.165, 1.54) is 17.7 Å². The Kier molecular flexibility index (Phi) is 5.91. The van der Waals surface area contributed by atoms with Gasteiger partial charge in [-0.05, 0) is 41.5 Å². The van der Waals surface area contributed by atoms with Crippen LogP contribution < -0.4 is 10.5 Å². The highest BCUT2D eigenvalue weighted by Gasteiger charge is 2.32. The van der Waals surface area contributed by atoms with E-state index < -0.39 is 23.5 Å². The summed E-state index contributed by atoms with van der Waals surface area (Å²) in [5.74, 6) is -0.140. The van der Waals surface area contributed by atoms with E-state index in [-0.39, 0.29) is 24.3 Å². The molecule has 1 aliphatic rings. The van der Waals surface area contributed by atoms with E-state index in [0.717, 1.165) is 23.3 Å². The number of halogens is 3. The third-order valence-corrected chi connectivity index (χ3v) is 6.01. The SMILES string of the molecule is COC(=O)Cc1cccc(Oc2ccc(C(F)(F)F)cc2Cn2c3c(oc2=O)Cc2ccccc2-3)c1. The Morgan fingerprint density at radius 3 is 2.64 bits per heavy atom. The van der Waals surface area contributed by atoms with Gasteiger partial charge in [0.25, 0.3) is 0 Å². The number of esters is 1. The number of carbonyl (C=O) groups is 1. The highest BCUT2D eigenvalue weighted by Crippen LogP contribution is 2.38. The zero-order valence-electron chi connectivity index (χ0n) is 19.1. The smallest absolute Gasteiger partial charge is 0.419 e. The molecule has 36 heavy (non-hydrogen) atoms. The van der Waals surface area contributed by atoms with Crippen LogP contribution >= 0.6 is 0 Å². The summed E-state index contributed by atoms with van der Waals surface area (Å²) in [5, 5.41) is 0. The first-order valence-corrected chi connectivity index (χ1v) is 11.1. The standard InChI is InChI=1S/C27H20F3NO5/c1-34-24(32)12-16-5-4-7-20(11-16)35-22-10-9-19(27(28,29)30)13-18(22)15-31-25-21-8-3-2-6-17(21)14-23(25)36-26(31)33/h2-11,13H,12,14-15H2,1H3. The van der Waals surface area contributed by atoms with Crippen molar-refractivity contribution in [2.24, 2.45) is 0 Å². The van der Waals surface area contributed by atoms with Gasteiger partial charge < -0.3 is 13.9 Å². The molecule has 0 spiro atoms. The fourth-order valence-electron chi connectivity index (χ4n) is 4.32. The first-order valence-electron chi connectivity index (χ1n) is 11.1. The quantitative estimate of drug-likeness (QED) is 0.288. The summed E-state index contributed by atoms with van der Waals surface area (Å²) >= 11 is 0. The minimum Gasteiger partial charge on any atom is -0.469 e. The fourth-order valence-corrected chi connectivity index (χ4v) is 4.32. The van der Waals surface area contributed by atoms with Crippen LogP contribution in [0.15, 0.2) is 75.9 Å². The molecule has 0 saturated carbocycles. The lowest BCUT2D eigenvalue weighted by molar-refractivity contribution is -0.140. The van der Waals surface area contributed by atoms with Crippen molar-refractivity contribution in [1.82, 2.24) is 4.57 Å². The minimum atomic E-state index is -4.58. The van der Waals surface area contributed by atoms with Gasteiger partial charge in [0.15, 0.2) is 0 Å². The molecule has 0 N–H and O–H groups in total. The van der Waals surface area contributed by atoms with Crippen LogP contribution in [0.25, 0.3) is 11.3 Å². The van der Waals surface area contributed by atoms with Crippen LogP contribution in [0.4, 0.5) is 13.2 Å². The Bertz CT molecular complexity index is 1520. The van der Waals surface area contributed by atoms with E-state index in [1.54, 1.807) is 24.3 Å². The number of benzene rings is 3. The van der Waals surface area contributed by atoms with Crippen molar-refractivity contribution >= 4 is 5.97 Å². The van der Waals surface area contributed by atoms with E-state index in [2.05, 4.69) is 4.74 Å². The van der Waals surface area contributed by atoms with Crippen LogP contribution in [0.5, 0.6) is 11.5 Å². The van der Waals surface area contributed by atoms with Crippen LogP contribution in [-0.2, 0) is 35.1 Å².